The Balaban J connectivity index is 0.000000461. The van der Waals surface area contributed by atoms with E-state index in [9.17, 15) is 4.39 Å². The Hall–Kier alpha value is -0.190. The Bertz CT molecular complexity index is 92.4. The smallest absolute Gasteiger partial charge is 0.130 e. The zero-order valence-electron chi connectivity index (χ0n) is 7.05. The van der Waals surface area contributed by atoms with Gasteiger partial charge in [0, 0.05) is 6.04 Å². The van der Waals surface area contributed by atoms with Crippen molar-refractivity contribution in [1.29, 1.82) is 0 Å². The number of hydrogen-bond acceptors (Lipinski definition) is 3. The highest BCUT2D eigenvalue weighted by atomic mass is 19.1. The molecule has 3 atom stereocenters. The molecule has 68 valence electrons. The van der Waals surface area contributed by atoms with Crippen molar-refractivity contribution in [2.24, 2.45) is 5.73 Å². The van der Waals surface area contributed by atoms with Gasteiger partial charge in [0.1, 0.15) is 6.17 Å². The molecule has 4 N–H and O–H groups in total. The molecular weight excluding hydrogens is 147 g/mol. The standard InChI is InChI=1S/C5H11FN2O.C2H6/c6-4-1-3(2-9)8-5(4)7;1-2/h3-5,8-9H,1-2,7H2;1-2H3. The van der Waals surface area contributed by atoms with Crippen molar-refractivity contribution in [1.82, 2.24) is 5.32 Å². The van der Waals surface area contributed by atoms with Crippen molar-refractivity contribution in [3.63, 3.8) is 0 Å². The average Bonchev–Trinajstić information content (AvgIpc) is 2.36. The Kier molecular flexibility index (Phi) is 5.36. The Morgan fingerprint density at radius 1 is 1.64 bits per heavy atom. The number of nitrogens with two attached hydrogens (primary N) is 1. The summed E-state index contributed by atoms with van der Waals surface area (Å²) in [6, 6.07) is -0.144. The minimum atomic E-state index is -0.998. The van der Waals surface area contributed by atoms with Crippen LogP contribution in [-0.4, -0.2) is 30.1 Å². The van der Waals surface area contributed by atoms with Gasteiger partial charge in [0.25, 0.3) is 0 Å². The first-order valence-electron chi connectivity index (χ1n) is 4.00. The van der Waals surface area contributed by atoms with Crippen LogP contribution in [0, 0.1) is 0 Å². The monoisotopic (exact) mass is 164 g/mol. The summed E-state index contributed by atoms with van der Waals surface area (Å²) in [4.78, 5) is 0. The van der Waals surface area contributed by atoms with E-state index >= 15 is 0 Å². The third-order valence-electron chi connectivity index (χ3n) is 1.55. The van der Waals surface area contributed by atoms with Crippen LogP contribution in [0.3, 0.4) is 0 Å². The largest absolute Gasteiger partial charge is 0.395 e. The molecule has 0 spiro atoms. The van der Waals surface area contributed by atoms with Crippen LogP contribution in [0.15, 0.2) is 0 Å². The number of nitrogens with one attached hydrogen (secondary N) is 1. The van der Waals surface area contributed by atoms with Gasteiger partial charge >= 0.3 is 0 Å². The summed E-state index contributed by atoms with van der Waals surface area (Å²) in [7, 11) is 0. The quantitative estimate of drug-likeness (QED) is 0.511. The van der Waals surface area contributed by atoms with E-state index in [1.807, 2.05) is 13.8 Å². The number of halogens is 1. The maximum absolute atomic E-state index is 12.5. The first-order chi connectivity index (χ1) is 5.24. The van der Waals surface area contributed by atoms with Gasteiger partial charge < -0.3 is 10.8 Å². The predicted molar refractivity (Wildman–Crippen MR) is 42.8 cm³/mol. The SMILES string of the molecule is CC.NC1NC(CO)CC1F. The fraction of sp³-hybridized carbons (Fsp3) is 1.00. The summed E-state index contributed by atoms with van der Waals surface area (Å²) in [5, 5.41) is 11.2. The van der Waals surface area contributed by atoms with Gasteiger partial charge in [-0.15, -0.1) is 0 Å². The highest BCUT2D eigenvalue weighted by Crippen LogP contribution is 2.12. The number of alkyl halides is 1. The average molecular weight is 164 g/mol. The summed E-state index contributed by atoms with van der Waals surface area (Å²) in [6.45, 7) is 3.97. The molecular formula is C7H17FN2O. The van der Waals surface area contributed by atoms with Gasteiger partial charge in [0.05, 0.1) is 12.8 Å². The molecule has 1 rings (SSSR count). The zero-order chi connectivity index (χ0) is 8.85. The van der Waals surface area contributed by atoms with Crippen LogP contribution in [0.5, 0.6) is 0 Å². The lowest BCUT2D eigenvalue weighted by molar-refractivity contribution is 0.248. The van der Waals surface area contributed by atoms with Crippen molar-refractivity contribution in [3.8, 4) is 0 Å². The maximum atomic E-state index is 12.5. The van der Waals surface area contributed by atoms with Gasteiger partial charge in [-0.05, 0) is 6.42 Å². The van der Waals surface area contributed by atoms with Crippen molar-refractivity contribution >= 4 is 0 Å². The Labute approximate surface area is 66.8 Å². The summed E-state index contributed by atoms with van der Waals surface area (Å²) in [5.74, 6) is 0. The van der Waals surface area contributed by atoms with Crippen LogP contribution in [0.25, 0.3) is 0 Å². The Morgan fingerprint density at radius 2 is 2.18 bits per heavy atom. The van der Waals surface area contributed by atoms with E-state index in [4.69, 9.17) is 10.8 Å². The molecule has 1 aliphatic heterocycles. The fourth-order valence-corrected chi connectivity index (χ4v) is 0.990. The molecule has 3 nitrogen and oxygen atoms in total. The molecule has 0 radical (unpaired) electrons. The summed E-state index contributed by atoms with van der Waals surface area (Å²) < 4.78 is 12.5. The van der Waals surface area contributed by atoms with Gasteiger partial charge in [-0.2, -0.15) is 0 Å². The van der Waals surface area contributed by atoms with Gasteiger partial charge in [-0.3, -0.25) is 5.32 Å². The van der Waals surface area contributed by atoms with Crippen LogP contribution in [0.4, 0.5) is 4.39 Å². The third-order valence-corrected chi connectivity index (χ3v) is 1.55. The van der Waals surface area contributed by atoms with Crippen LogP contribution in [-0.2, 0) is 0 Å². The van der Waals surface area contributed by atoms with E-state index in [0.29, 0.717) is 6.42 Å². The van der Waals surface area contributed by atoms with Gasteiger partial charge in [-0.1, -0.05) is 13.8 Å². The van der Waals surface area contributed by atoms with E-state index in [1.165, 1.54) is 0 Å². The molecule has 1 aliphatic rings. The fourth-order valence-electron chi connectivity index (χ4n) is 0.990. The molecule has 0 bridgehead atoms. The zero-order valence-corrected chi connectivity index (χ0v) is 7.05. The van der Waals surface area contributed by atoms with Gasteiger partial charge in [0.2, 0.25) is 0 Å². The second-order valence-electron chi connectivity index (χ2n) is 2.32. The van der Waals surface area contributed by atoms with E-state index in [0.717, 1.165) is 0 Å². The number of aliphatic hydroxyl groups excluding tert-OH is 1. The van der Waals surface area contributed by atoms with Crippen molar-refractivity contribution in [2.45, 2.75) is 38.6 Å². The van der Waals surface area contributed by atoms with Crippen molar-refractivity contribution in [3.05, 3.63) is 0 Å². The lowest BCUT2D eigenvalue weighted by atomic mass is 10.2. The third kappa shape index (κ3) is 3.14. The molecule has 0 amide bonds. The summed E-state index contributed by atoms with van der Waals surface area (Å²) in [6.07, 6.45) is -1.25. The van der Waals surface area contributed by atoms with E-state index in [1.54, 1.807) is 0 Å². The van der Waals surface area contributed by atoms with Crippen LogP contribution >= 0.6 is 0 Å². The lowest BCUT2D eigenvalue weighted by Gasteiger charge is -2.05. The normalized spacial score (nSPS) is 36.3. The molecule has 0 aromatic carbocycles. The minimum absolute atomic E-state index is 0.0336. The summed E-state index contributed by atoms with van der Waals surface area (Å²) in [5.41, 5.74) is 5.25. The maximum Gasteiger partial charge on any atom is 0.130 e. The van der Waals surface area contributed by atoms with E-state index in [-0.39, 0.29) is 12.6 Å². The Morgan fingerprint density at radius 3 is 2.36 bits per heavy atom. The number of hydrogen-bond donors (Lipinski definition) is 3. The molecule has 4 heteroatoms. The molecule has 0 aromatic rings. The molecule has 1 fully saturated rings. The molecule has 0 aromatic heterocycles. The minimum Gasteiger partial charge on any atom is -0.395 e. The molecule has 11 heavy (non-hydrogen) atoms. The molecule has 1 heterocycles. The van der Waals surface area contributed by atoms with Gasteiger partial charge in [-0.25, -0.2) is 4.39 Å². The number of rotatable bonds is 1. The van der Waals surface area contributed by atoms with Crippen molar-refractivity contribution < 1.29 is 9.50 Å². The molecule has 0 saturated carbocycles. The second kappa shape index (κ2) is 5.46. The molecule has 1 saturated heterocycles. The highest BCUT2D eigenvalue weighted by Gasteiger charge is 2.29. The van der Waals surface area contributed by atoms with Crippen LogP contribution < -0.4 is 11.1 Å². The van der Waals surface area contributed by atoms with Gasteiger partial charge in [0.15, 0.2) is 0 Å². The first-order valence-corrected chi connectivity index (χ1v) is 4.00. The lowest BCUT2D eigenvalue weighted by Crippen LogP contribution is -2.40. The van der Waals surface area contributed by atoms with Crippen LogP contribution in [0.2, 0.25) is 0 Å². The second-order valence-corrected chi connectivity index (χ2v) is 2.32. The van der Waals surface area contributed by atoms with E-state index in [2.05, 4.69) is 5.32 Å². The number of aliphatic hydroxyl groups is 1. The first kappa shape index (κ1) is 10.8. The van der Waals surface area contributed by atoms with E-state index < -0.39 is 12.3 Å². The van der Waals surface area contributed by atoms with Crippen molar-refractivity contribution in [2.75, 3.05) is 6.61 Å². The van der Waals surface area contributed by atoms with Crippen LogP contribution in [0.1, 0.15) is 20.3 Å². The predicted octanol–water partition coefficient (Wildman–Crippen LogP) is -0.0103. The highest BCUT2D eigenvalue weighted by molar-refractivity contribution is 4.86. The summed E-state index contributed by atoms with van der Waals surface area (Å²) >= 11 is 0. The topological polar surface area (TPSA) is 58.3 Å². The molecule has 0 aliphatic carbocycles. The molecule has 3 unspecified atom stereocenters.